The Bertz CT molecular complexity index is 493. The van der Waals surface area contributed by atoms with Crippen molar-refractivity contribution in [2.24, 2.45) is 0 Å². The zero-order valence-electron chi connectivity index (χ0n) is 10.9. The van der Waals surface area contributed by atoms with Crippen LogP contribution in [0.3, 0.4) is 0 Å². The van der Waals surface area contributed by atoms with Gasteiger partial charge in [0, 0.05) is 12.6 Å². The number of halogens is 2. The number of esters is 1. The predicted molar refractivity (Wildman–Crippen MR) is 67.5 cm³/mol. The lowest BCUT2D eigenvalue weighted by atomic mass is 10.2. The number of anilines is 1. The molecule has 0 saturated carbocycles. The van der Waals surface area contributed by atoms with Crippen LogP contribution >= 0.6 is 0 Å². The molecule has 0 amide bonds. The van der Waals surface area contributed by atoms with Gasteiger partial charge in [-0.05, 0) is 19.1 Å². The van der Waals surface area contributed by atoms with Crippen molar-refractivity contribution >= 4 is 17.6 Å². The fourth-order valence-corrected chi connectivity index (χ4v) is 1.65. The summed E-state index contributed by atoms with van der Waals surface area (Å²) in [6, 6.07) is 2.82. The number of carbonyl (C=O) groups excluding carboxylic acids is 1. The third kappa shape index (κ3) is 4.83. The molecule has 7 heteroatoms. The molecule has 110 valence electrons. The molecule has 0 aliphatic carbocycles. The number of hydrogen-bond donors (Lipinski definition) is 1. The van der Waals surface area contributed by atoms with Gasteiger partial charge in [-0.3, -0.25) is 9.59 Å². The highest BCUT2D eigenvalue weighted by Gasteiger charge is 2.17. The zero-order chi connectivity index (χ0) is 15.1. The number of carboxylic acid groups (broad SMARTS) is 1. The molecule has 0 aliphatic rings. The molecule has 0 bridgehead atoms. The van der Waals surface area contributed by atoms with Crippen LogP contribution in [0.4, 0.5) is 14.5 Å². The van der Waals surface area contributed by atoms with Crippen molar-refractivity contribution < 1.29 is 28.2 Å². The first-order valence-corrected chi connectivity index (χ1v) is 6.01. The topological polar surface area (TPSA) is 66.8 Å². The molecule has 0 unspecified atom stereocenters. The summed E-state index contributed by atoms with van der Waals surface area (Å²) in [6.45, 7) is 1.32. The van der Waals surface area contributed by atoms with Crippen LogP contribution in [0.1, 0.15) is 13.3 Å². The highest BCUT2D eigenvalue weighted by molar-refractivity contribution is 5.75. The van der Waals surface area contributed by atoms with Gasteiger partial charge in [0.2, 0.25) is 0 Å². The molecule has 0 fully saturated rings. The van der Waals surface area contributed by atoms with Gasteiger partial charge in [-0.1, -0.05) is 0 Å². The maximum absolute atomic E-state index is 13.6. The SMILES string of the molecule is CCOC(=O)CCN(CC(=O)O)c1ccc(F)cc1F. The second-order valence-corrected chi connectivity index (χ2v) is 3.97. The summed E-state index contributed by atoms with van der Waals surface area (Å²) in [5.41, 5.74) is -0.0712. The van der Waals surface area contributed by atoms with Crippen LogP contribution in [0.5, 0.6) is 0 Å². The summed E-state index contributed by atoms with van der Waals surface area (Å²) in [7, 11) is 0. The van der Waals surface area contributed by atoms with Crippen molar-refractivity contribution in [2.75, 3.05) is 24.6 Å². The second-order valence-electron chi connectivity index (χ2n) is 3.97. The minimum Gasteiger partial charge on any atom is -0.480 e. The van der Waals surface area contributed by atoms with Crippen LogP contribution in [0.15, 0.2) is 18.2 Å². The Morgan fingerprint density at radius 2 is 2.05 bits per heavy atom. The lowest BCUT2D eigenvalue weighted by Gasteiger charge is -2.22. The fraction of sp³-hybridized carbons (Fsp3) is 0.385. The van der Waals surface area contributed by atoms with Gasteiger partial charge in [-0.2, -0.15) is 0 Å². The third-order valence-corrected chi connectivity index (χ3v) is 2.47. The lowest BCUT2D eigenvalue weighted by molar-refractivity contribution is -0.143. The average molecular weight is 287 g/mol. The van der Waals surface area contributed by atoms with Crippen LogP contribution in [-0.4, -0.2) is 36.7 Å². The monoisotopic (exact) mass is 287 g/mol. The molecule has 0 aliphatic heterocycles. The Morgan fingerprint density at radius 1 is 1.35 bits per heavy atom. The number of aliphatic carboxylic acids is 1. The predicted octanol–water partition coefficient (Wildman–Crippen LogP) is 1.81. The lowest BCUT2D eigenvalue weighted by Crippen LogP contribution is -2.32. The zero-order valence-corrected chi connectivity index (χ0v) is 10.9. The number of nitrogens with zero attached hydrogens (tertiary/aromatic N) is 1. The highest BCUT2D eigenvalue weighted by Crippen LogP contribution is 2.20. The van der Waals surface area contributed by atoms with Gasteiger partial charge < -0.3 is 14.7 Å². The number of carbonyl (C=O) groups is 2. The molecule has 0 spiro atoms. The van der Waals surface area contributed by atoms with E-state index in [2.05, 4.69) is 0 Å². The van der Waals surface area contributed by atoms with E-state index < -0.39 is 30.1 Å². The van der Waals surface area contributed by atoms with E-state index in [1.165, 1.54) is 0 Å². The fourth-order valence-electron chi connectivity index (χ4n) is 1.65. The molecule has 0 radical (unpaired) electrons. The smallest absolute Gasteiger partial charge is 0.323 e. The molecule has 1 rings (SSSR count). The summed E-state index contributed by atoms with van der Waals surface area (Å²) in [6.07, 6.45) is -0.0854. The van der Waals surface area contributed by atoms with Gasteiger partial charge in [0.15, 0.2) is 0 Å². The first-order valence-electron chi connectivity index (χ1n) is 6.01. The molecule has 1 aromatic rings. The Hall–Kier alpha value is -2.18. The van der Waals surface area contributed by atoms with E-state index in [1.54, 1.807) is 6.92 Å². The van der Waals surface area contributed by atoms with Crippen molar-refractivity contribution in [2.45, 2.75) is 13.3 Å². The number of rotatable bonds is 7. The summed E-state index contributed by atoms with van der Waals surface area (Å²) in [4.78, 5) is 23.2. The van der Waals surface area contributed by atoms with Gasteiger partial charge in [0.25, 0.3) is 0 Å². The van der Waals surface area contributed by atoms with Crippen LogP contribution in [0.2, 0.25) is 0 Å². The quantitative estimate of drug-likeness (QED) is 0.775. The molecule has 0 heterocycles. The number of hydrogen-bond acceptors (Lipinski definition) is 4. The van der Waals surface area contributed by atoms with Crippen molar-refractivity contribution in [1.29, 1.82) is 0 Å². The van der Waals surface area contributed by atoms with Crippen LogP contribution in [0.25, 0.3) is 0 Å². The van der Waals surface area contributed by atoms with E-state index in [0.29, 0.717) is 6.07 Å². The summed E-state index contributed by atoms with van der Waals surface area (Å²) < 4.78 is 31.2. The largest absolute Gasteiger partial charge is 0.480 e. The van der Waals surface area contributed by atoms with E-state index in [4.69, 9.17) is 9.84 Å². The first kappa shape index (κ1) is 15.9. The van der Waals surface area contributed by atoms with Crippen molar-refractivity contribution in [3.05, 3.63) is 29.8 Å². The van der Waals surface area contributed by atoms with E-state index in [1.807, 2.05) is 0 Å². The molecular formula is C13H15F2NO4. The standard InChI is InChI=1S/C13H15F2NO4/c1-2-20-13(19)5-6-16(8-12(17)18)11-4-3-9(14)7-10(11)15/h3-4,7H,2,5-6,8H2,1H3,(H,17,18). The van der Waals surface area contributed by atoms with Crippen molar-refractivity contribution in [1.82, 2.24) is 0 Å². The minimum atomic E-state index is -1.18. The Balaban J connectivity index is 2.83. The maximum Gasteiger partial charge on any atom is 0.323 e. The van der Waals surface area contributed by atoms with Gasteiger partial charge >= 0.3 is 11.9 Å². The normalized spacial score (nSPS) is 10.2. The molecular weight excluding hydrogens is 272 g/mol. The summed E-state index contributed by atoms with van der Waals surface area (Å²) >= 11 is 0. The van der Waals surface area contributed by atoms with Gasteiger partial charge in [-0.25, -0.2) is 8.78 Å². The van der Waals surface area contributed by atoms with Gasteiger partial charge in [0.05, 0.1) is 18.7 Å². The summed E-state index contributed by atoms with van der Waals surface area (Å²) in [5.74, 6) is -3.33. The minimum absolute atomic E-state index is 0.0340. The number of ether oxygens (including phenoxy) is 1. The Morgan fingerprint density at radius 3 is 2.60 bits per heavy atom. The molecule has 1 N–H and O–H groups in total. The molecule has 0 aromatic heterocycles. The molecule has 1 aromatic carbocycles. The second kappa shape index (κ2) is 7.42. The van der Waals surface area contributed by atoms with Gasteiger partial charge in [-0.15, -0.1) is 0 Å². The van der Waals surface area contributed by atoms with E-state index in [0.717, 1.165) is 17.0 Å². The van der Waals surface area contributed by atoms with E-state index in [9.17, 15) is 18.4 Å². The summed E-state index contributed by atoms with van der Waals surface area (Å²) in [5, 5.41) is 8.80. The Labute approximate surface area is 114 Å². The van der Waals surface area contributed by atoms with E-state index in [-0.39, 0.29) is 25.3 Å². The van der Waals surface area contributed by atoms with Crippen LogP contribution < -0.4 is 4.90 Å². The average Bonchev–Trinajstić information content (AvgIpc) is 2.35. The van der Waals surface area contributed by atoms with Crippen molar-refractivity contribution in [3.63, 3.8) is 0 Å². The molecule has 0 atom stereocenters. The molecule has 0 saturated heterocycles. The molecule has 20 heavy (non-hydrogen) atoms. The van der Waals surface area contributed by atoms with Crippen LogP contribution in [0, 0.1) is 11.6 Å². The van der Waals surface area contributed by atoms with Gasteiger partial charge in [0.1, 0.15) is 18.2 Å². The third-order valence-electron chi connectivity index (χ3n) is 2.47. The number of carboxylic acids is 1. The first-order chi connectivity index (χ1) is 9.43. The molecule has 5 nitrogen and oxygen atoms in total. The number of benzene rings is 1. The van der Waals surface area contributed by atoms with E-state index >= 15 is 0 Å². The maximum atomic E-state index is 13.6. The van der Waals surface area contributed by atoms with Crippen LogP contribution in [-0.2, 0) is 14.3 Å². The highest BCUT2D eigenvalue weighted by atomic mass is 19.1. The Kier molecular flexibility index (Phi) is 5.89. The van der Waals surface area contributed by atoms with Crippen molar-refractivity contribution in [3.8, 4) is 0 Å².